The predicted octanol–water partition coefficient (Wildman–Crippen LogP) is 3.23. The number of amides is 1. The van der Waals surface area contributed by atoms with Crippen LogP contribution in [0.15, 0.2) is 53.3 Å². The Balaban J connectivity index is 1.99. The maximum Gasteiger partial charge on any atom is 0.259 e. The van der Waals surface area contributed by atoms with Gasteiger partial charge in [-0.2, -0.15) is 0 Å². The zero-order chi connectivity index (χ0) is 14.8. The molecule has 0 aliphatic heterocycles. The average Bonchev–Trinajstić information content (AvgIpc) is 2.47. The molecule has 3 N–H and O–H groups in total. The number of nitrogens with two attached hydrogens (primary N) is 1. The lowest BCUT2D eigenvalue weighted by Gasteiger charge is -2.09. The summed E-state index contributed by atoms with van der Waals surface area (Å²) in [7, 11) is 0. The topological polar surface area (TPSA) is 80.9 Å². The van der Waals surface area contributed by atoms with Crippen molar-refractivity contribution in [3.8, 4) is 0 Å². The van der Waals surface area contributed by atoms with Crippen molar-refractivity contribution < 1.29 is 4.79 Å². The Labute approximate surface area is 129 Å². The molecule has 1 amide bonds. The molecule has 21 heavy (non-hydrogen) atoms. The molecule has 0 fully saturated rings. The highest BCUT2D eigenvalue weighted by atomic mass is 79.9. The number of fused-ring (bicyclic) bond motifs is 1. The minimum absolute atomic E-state index is 0.200. The summed E-state index contributed by atoms with van der Waals surface area (Å²) in [5.74, 6) is -0.108. The SMILES string of the molecule is Nc1ncccc1C(=O)Nc1cccc2cc(Br)cnc12. The van der Waals surface area contributed by atoms with Crippen molar-refractivity contribution in [2.75, 3.05) is 11.1 Å². The van der Waals surface area contributed by atoms with Crippen molar-refractivity contribution in [1.82, 2.24) is 9.97 Å². The smallest absolute Gasteiger partial charge is 0.259 e. The lowest BCUT2D eigenvalue weighted by Crippen LogP contribution is -2.15. The second kappa shape index (κ2) is 5.49. The Kier molecular flexibility index (Phi) is 3.53. The number of nitrogens with one attached hydrogen (secondary N) is 1. The fourth-order valence-electron chi connectivity index (χ4n) is 2.03. The molecular weight excluding hydrogens is 332 g/mol. The normalized spacial score (nSPS) is 10.5. The maximum absolute atomic E-state index is 12.3. The van der Waals surface area contributed by atoms with Gasteiger partial charge in [0.15, 0.2) is 0 Å². The first kappa shape index (κ1) is 13.5. The molecule has 1 aromatic carbocycles. The number of benzene rings is 1. The number of anilines is 2. The summed E-state index contributed by atoms with van der Waals surface area (Å²) in [6.07, 6.45) is 3.24. The molecule has 0 saturated heterocycles. The van der Waals surface area contributed by atoms with Gasteiger partial charge in [0.1, 0.15) is 5.82 Å². The van der Waals surface area contributed by atoms with Gasteiger partial charge >= 0.3 is 0 Å². The van der Waals surface area contributed by atoms with Gasteiger partial charge in [-0.1, -0.05) is 12.1 Å². The van der Waals surface area contributed by atoms with E-state index in [1.165, 1.54) is 0 Å². The first-order valence-electron chi connectivity index (χ1n) is 6.21. The van der Waals surface area contributed by atoms with Crippen molar-refractivity contribution >= 4 is 44.2 Å². The van der Waals surface area contributed by atoms with E-state index in [-0.39, 0.29) is 11.7 Å². The molecular formula is C15H11BrN4O. The Bertz CT molecular complexity index is 835. The minimum Gasteiger partial charge on any atom is -0.383 e. The number of pyridine rings is 2. The Morgan fingerprint density at radius 1 is 1.19 bits per heavy atom. The van der Waals surface area contributed by atoms with Crippen LogP contribution >= 0.6 is 15.9 Å². The fraction of sp³-hybridized carbons (Fsp3) is 0. The van der Waals surface area contributed by atoms with Gasteiger partial charge in [-0.05, 0) is 40.2 Å². The van der Waals surface area contributed by atoms with Crippen LogP contribution in [0.3, 0.4) is 0 Å². The van der Waals surface area contributed by atoms with Gasteiger partial charge in [-0.25, -0.2) is 4.98 Å². The van der Waals surface area contributed by atoms with Gasteiger partial charge in [0, 0.05) is 22.3 Å². The number of carbonyl (C=O) groups excluding carboxylic acids is 1. The van der Waals surface area contributed by atoms with Gasteiger partial charge in [0.05, 0.1) is 16.8 Å². The molecule has 0 unspecified atom stereocenters. The van der Waals surface area contributed by atoms with E-state index >= 15 is 0 Å². The van der Waals surface area contributed by atoms with Crippen LogP contribution in [0.5, 0.6) is 0 Å². The van der Waals surface area contributed by atoms with E-state index in [4.69, 9.17) is 5.73 Å². The number of nitrogen functional groups attached to an aromatic ring is 1. The zero-order valence-electron chi connectivity index (χ0n) is 10.9. The van der Waals surface area contributed by atoms with Crippen LogP contribution < -0.4 is 11.1 Å². The third kappa shape index (κ3) is 2.71. The first-order valence-corrected chi connectivity index (χ1v) is 7.00. The molecule has 0 bridgehead atoms. The van der Waals surface area contributed by atoms with Crippen molar-refractivity contribution in [2.45, 2.75) is 0 Å². The number of hydrogen-bond donors (Lipinski definition) is 2. The Hall–Kier alpha value is -2.47. The first-order chi connectivity index (χ1) is 10.1. The van der Waals surface area contributed by atoms with Crippen molar-refractivity contribution in [1.29, 1.82) is 0 Å². The van der Waals surface area contributed by atoms with Gasteiger partial charge in [-0.15, -0.1) is 0 Å². The number of rotatable bonds is 2. The highest BCUT2D eigenvalue weighted by molar-refractivity contribution is 9.10. The number of nitrogens with zero attached hydrogens (tertiary/aromatic N) is 2. The fourth-order valence-corrected chi connectivity index (χ4v) is 2.38. The predicted molar refractivity (Wildman–Crippen MR) is 86.0 cm³/mol. The summed E-state index contributed by atoms with van der Waals surface area (Å²) in [5, 5.41) is 3.76. The highest BCUT2D eigenvalue weighted by Crippen LogP contribution is 2.24. The van der Waals surface area contributed by atoms with Crippen molar-refractivity contribution in [3.05, 3.63) is 58.8 Å². The molecule has 6 heteroatoms. The van der Waals surface area contributed by atoms with E-state index in [9.17, 15) is 4.79 Å². The van der Waals surface area contributed by atoms with E-state index < -0.39 is 0 Å². The number of aromatic nitrogens is 2. The second-order valence-electron chi connectivity index (χ2n) is 4.42. The van der Waals surface area contributed by atoms with Crippen LogP contribution in [0, 0.1) is 0 Å². The number of para-hydroxylation sites is 1. The molecule has 2 heterocycles. The molecule has 104 valence electrons. The van der Waals surface area contributed by atoms with Crippen LogP contribution in [0.2, 0.25) is 0 Å². The Morgan fingerprint density at radius 2 is 2.05 bits per heavy atom. The quantitative estimate of drug-likeness (QED) is 0.749. The molecule has 0 radical (unpaired) electrons. The molecule has 3 aromatic rings. The van der Waals surface area contributed by atoms with Gasteiger partial charge in [-0.3, -0.25) is 9.78 Å². The Morgan fingerprint density at radius 3 is 2.86 bits per heavy atom. The summed E-state index contributed by atoms with van der Waals surface area (Å²) < 4.78 is 0.884. The summed E-state index contributed by atoms with van der Waals surface area (Å²) in [6.45, 7) is 0. The zero-order valence-corrected chi connectivity index (χ0v) is 12.5. The second-order valence-corrected chi connectivity index (χ2v) is 5.34. The average molecular weight is 343 g/mol. The molecule has 0 spiro atoms. The summed E-state index contributed by atoms with van der Waals surface area (Å²) in [6, 6.07) is 10.8. The lowest BCUT2D eigenvalue weighted by atomic mass is 10.1. The minimum atomic E-state index is -0.308. The standard InChI is InChI=1S/C15H11BrN4O/c16-10-7-9-3-1-5-12(13(9)19-8-10)20-15(21)11-4-2-6-18-14(11)17/h1-8H,(H2,17,18)(H,20,21). The third-order valence-electron chi connectivity index (χ3n) is 3.01. The van der Waals surface area contributed by atoms with Crippen LogP contribution in [0.4, 0.5) is 11.5 Å². The summed E-state index contributed by atoms with van der Waals surface area (Å²) in [5.41, 5.74) is 7.40. The van der Waals surface area contributed by atoms with Crippen molar-refractivity contribution in [3.63, 3.8) is 0 Å². The van der Waals surface area contributed by atoms with Gasteiger partial charge in [0.2, 0.25) is 0 Å². The van der Waals surface area contributed by atoms with E-state index in [2.05, 4.69) is 31.2 Å². The summed E-state index contributed by atoms with van der Waals surface area (Å²) >= 11 is 3.38. The highest BCUT2D eigenvalue weighted by Gasteiger charge is 2.12. The van der Waals surface area contributed by atoms with Gasteiger partial charge in [0.25, 0.3) is 5.91 Å². The number of halogens is 1. The molecule has 0 saturated carbocycles. The maximum atomic E-state index is 12.3. The van der Waals surface area contributed by atoms with E-state index in [1.54, 1.807) is 30.6 Å². The van der Waals surface area contributed by atoms with E-state index in [1.807, 2.05) is 18.2 Å². The molecule has 0 aliphatic rings. The number of hydrogen-bond acceptors (Lipinski definition) is 4. The number of carbonyl (C=O) groups is 1. The van der Waals surface area contributed by atoms with Crippen LogP contribution in [-0.4, -0.2) is 15.9 Å². The molecule has 5 nitrogen and oxygen atoms in total. The summed E-state index contributed by atoms with van der Waals surface area (Å²) in [4.78, 5) is 20.5. The molecule has 2 aromatic heterocycles. The van der Waals surface area contributed by atoms with E-state index in [0.717, 1.165) is 15.4 Å². The molecule has 0 aliphatic carbocycles. The van der Waals surface area contributed by atoms with Gasteiger partial charge < -0.3 is 11.1 Å². The lowest BCUT2D eigenvalue weighted by molar-refractivity contribution is 0.102. The molecule has 0 atom stereocenters. The largest absolute Gasteiger partial charge is 0.383 e. The monoisotopic (exact) mass is 342 g/mol. The van der Waals surface area contributed by atoms with Crippen molar-refractivity contribution in [2.24, 2.45) is 0 Å². The van der Waals surface area contributed by atoms with E-state index in [0.29, 0.717) is 11.3 Å². The third-order valence-corrected chi connectivity index (χ3v) is 3.44. The van der Waals surface area contributed by atoms with Crippen LogP contribution in [0.1, 0.15) is 10.4 Å². The van der Waals surface area contributed by atoms with Crippen LogP contribution in [-0.2, 0) is 0 Å². The molecule has 3 rings (SSSR count). The van der Waals surface area contributed by atoms with Crippen LogP contribution in [0.25, 0.3) is 10.9 Å².